The van der Waals surface area contributed by atoms with Gasteiger partial charge in [-0.15, -0.1) is 0 Å². The molecule has 0 fully saturated rings. The summed E-state index contributed by atoms with van der Waals surface area (Å²) in [5, 5.41) is 0. The smallest absolute Gasteiger partial charge is 0.133 e. The van der Waals surface area contributed by atoms with Crippen molar-refractivity contribution in [2.45, 2.75) is 65.5 Å². The minimum Gasteiger partial charge on any atom is -0.292 e. The van der Waals surface area contributed by atoms with E-state index in [1.54, 1.807) is 0 Å². The Kier molecular flexibility index (Phi) is 3.22. The van der Waals surface area contributed by atoms with Gasteiger partial charge in [0.2, 0.25) is 0 Å². The third kappa shape index (κ3) is 2.72. The molecule has 2 rings (SSSR count). The van der Waals surface area contributed by atoms with Crippen LogP contribution in [0.5, 0.6) is 0 Å². The van der Waals surface area contributed by atoms with E-state index in [-0.39, 0.29) is 11.0 Å². The zero-order valence-electron chi connectivity index (χ0n) is 12.5. The van der Waals surface area contributed by atoms with Crippen molar-refractivity contribution in [3.8, 4) is 0 Å². The molecule has 1 aliphatic heterocycles. The van der Waals surface area contributed by atoms with Gasteiger partial charge in [-0.25, -0.2) is 9.97 Å². The fourth-order valence-corrected chi connectivity index (χ4v) is 2.24. The lowest BCUT2D eigenvalue weighted by molar-refractivity contribution is 0.118. The van der Waals surface area contributed by atoms with Crippen molar-refractivity contribution < 1.29 is 0 Å². The summed E-state index contributed by atoms with van der Waals surface area (Å²) >= 11 is 0. The first kappa shape index (κ1) is 13.5. The molecule has 1 aromatic rings. The predicted octanol–water partition coefficient (Wildman–Crippen LogP) is 2.93. The van der Waals surface area contributed by atoms with Crippen LogP contribution in [-0.4, -0.2) is 27.0 Å². The molecule has 0 bridgehead atoms. The van der Waals surface area contributed by atoms with Gasteiger partial charge in [0.15, 0.2) is 0 Å². The Bertz CT molecular complexity index is 438. The molecule has 0 aromatic carbocycles. The topological polar surface area (TPSA) is 29.0 Å². The van der Waals surface area contributed by atoms with Gasteiger partial charge in [-0.3, -0.25) is 4.90 Å². The summed E-state index contributed by atoms with van der Waals surface area (Å²) in [4.78, 5) is 11.8. The maximum Gasteiger partial charge on any atom is 0.133 e. The molecule has 18 heavy (non-hydrogen) atoms. The van der Waals surface area contributed by atoms with Crippen molar-refractivity contribution in [3.63, 3.8) is 0 Å². The second kappa shape index (κ2) is 4.30. The highest BCUT2D eigenvalue weighted by molar-refractivity contribution is 5.22. The van der Waals surface area contributed by atoms with Crippen LogP contribution in [0.4, 0.5) is 0 Å². The summed E-state index contributed by atoms with van der Waals surface area (Å²) in [5.74, 6) is 0.956. The van der Waals surface area contributed by atoms with Crippen LogP contribution in [-0.2, 0) is 18.4 Å². The predicted molar refractivity (Wildman–Crippen MR) is 74.6 cm³/mol. The Balaban J connectivity index is 2.31. The molecular weight excluding hydrogens is 222 g/mol. The highest BCUT2D eigenvalue weighted by Gasteiger charge is 2.28. The Hall–Kier alpha value is -0.960. The lowest BCUT2D eigenvalue weighted by Crippen LogP contribution is -2.44. The van der Waals surface area contributed by atoms with Crippen molar-refractivity contribution in [2.24, 2.45) is 0 Å². The van der Waals surface area contributed by atoms with Crippen molar-refractivity contribution in [3.05, 3.63) is 23.3 Å². The van der Waals surface area contributed by atoms with E-state index in [0.29, 0.717) is 0 Å². The van der Waals surface area contributed by atoms with Crippen LogP contribution in [0.15, 0.2) is 6.20 Å². The number of nitrogens with zero attached hydrogens (tertiary/aromatic N) is 3. The van der Waals surface area contributed by atoms with Crippen LogP contribution in [0.25, 0.3) is 0 Å². The number of fused-ring (bicyclic) bond motifs is 1. The van der Waals surface area contributed by atoms with Crippen LogP contribution >= 0.6 is 0 Å². The summed E-state index contributed by atoms with van der Waals surface area (Å²) in [6, 6.07) is 0. The third-order valence-electron chi connectivity index (χ3n) is 3.57. The lowest BCUT2D eigenvalue weighted by atomic mass is 9.94. The molecule has 3 nitrogen and oxygen atoms in total. The van der Waals surface area contributed by atoms with Crippen molar-refractivity contribution >= 4 is 0 Å². The molecule has 0 saturated carbocycles. The van der Waals surface area contributed by atoms with E-state index < -0.39 is 0 Å². The van der Waals surface area contributed by atoms with E-state index in [9.17, 15) is 0 Å². The number of rotatable bonds is 0. The van der Waals surface area contributed by atoms with Gasteiger partial charge < -0.3 is 0 Å². The number of aromatic nitrogens is 2. The molecule has 100 valence electrons. The van der Waals surface area contributed by atoms with Gasteiger partial charge in [0.05, 0.1) is 5.69 Å². The first-order chi connectivity index (χ1) is 8.18. The van der Waals surface area contributed by atoms with E-state index in [1.807, 2.05) is 6.20 Å². The minimum absolute atomic E-state index is 0.0268. The highest BCUT2D eigenvalue weighted by Crippen LogP contribution is 2.25. The van der Waals surface area contributed by atoms with Crippen LogP contribution in [0.3, 0.4) is 0 Å². The summed E-state index contributed by atoms with van der Waals surface area (Å²) in [6.07, 6.45) is 3.10. The molecule has 0 aliphatic carbocycles. The van der Waals surface area contributed by atoms with Gasteiger partial charge in [-0.1, -0.05) is 20.8 Å². The Morgan fingerprint density at radius 2 is 1.78 bits per heavy atom. The fourth-order valence-electron chi connectivity index (χ4n) is 2.24. The second-order valence-electron chi connectivity index (χ2n) is 7.26. The molecule has 0 atom stereocenters. The van der Waals surface area contributed by atoms with Crippen molar-refractivity contribution in [1.29, 1.82) is 0 Å². The highest BCUT2D eigenvalue weighted by atomic mass is 15.2. The van der Waals surface area contributed by atoms with Crippen LogP contribution in [0, 0.1) is 0 Å². The minimum atomic E-state index is 0.0268. The molecule has 0 N–H and O–H groups in total. The monoisotopic (exact) mass is 247 g/mol. The average molecular weight is 247 g/mol. The fraction of sp³-hybridized carbons (Fsp3) is 0.733. The largest absolute Gasteiger partial charge is 0.292 e. The average Bonchev–Trinajstić information content (AvgIpc) is 2.25. The summed E-state index contributed by atoms with van der Waals surface area (Å²) < 4.78 is 0. The Morgan fingerprint density at radius 3 is 2.33 bits per heavy atom. The van der Waals surface area contributed by atoms with E-state index in [0.717, 1.165) is 25.3 Å². The molecule has 3 heteroatoms. The molecule has 0 spiro atoms. The summed E-state index contributed by atoms with van der Waals surface area (Å²) in [7, 11) is 0. The van der Waals surface area contributed by atoms with E-state index in [1.165, 1.54) is 11.3 Å². The molecular formula is C15H25N3. The van der Waals surface area contributed by atoms with E-state index in [4.69, 9.17) is 4.98 Å². The first-order valence-corrected chi connectivity index (χ1v) is 6.78. The molecule has 0 radical (unpaired) electrons. The van der Waals surface area contributed by atoms with Crippen molar-refractivity contribution in [1.82, 2.24) is 14.9 Å². The molecule has 0 unspecified atom stereocenters. The third-order valence-corrected chi connectivity index (χ3v) is 3.57. The molecule has 1 aromatic heterocycles. The maximum atomic E-state index is 4.80. The molecule has 0 saturated heterocycles. The normalized spacial score (nSPS) is 17.7. The summed E-state index contributed by atoms with van der Waals surface area (Å²) in [6.45, 7) is 15.4. The first-order valence-electron chi connectivity index (χ1n) is 6.78. The quantitative estimate of drug-likeness (QED) is 0.706. The Morgan fingerprint density at radius 1 is 1.11 bits per heavy atom. The lowest BCUT2D eigenvalue weighted by Gasteiger charge is -2.38. The van der Waals surface area contributed by atoms with Gasteiger partial charge in [-0.05, 0) is 32.8 Å². The van der Waals surface area contributed by atoms with Gasteiger partial charge in [0.25, 0.3) is 0 Å². The molecule has 0 amide bonds. The van der Waals surface area contributed by atoms with E-state index >= 15 is 0 Å². The zero-order chi connectivity index (χ0) is 13.6. The number of hydrogen-bond donors (Lipinski definition) is 0. The van der Waals surface area contributed by atoms with Gasteiger partial charge in [-0.2, -0.15) is 0 Å². The SMILES string of the molecule is CC(C)(C)c1ncc2c(n1)CN(C(C)(C)C)CC2. The van der Waals surface area contributed by atoms with Gasteiger partial charge in [0, 0.05) is 30.2 Å². The summed E-state index contributed by atoms with van der Waals surface area (Å²) in [5.41, 5.74) is 2.78. The number of hydrogen-bond acceptors (Lipinski definition) is 3. The van der Waals surface area contributed by atoms with Gasteiger partial charge in [0.1, 0.15) is 5.82 Å². The van der Waals surface area contributed by atoms with Crippen LogP contribution < -0.4 is 0 Å². The Labute approximate surface area is 111 Å². The van der Waals surface area contributed by atoms with Crippen LogP contribution in [0.1, 0.15) is 58.6 Å². The molecule has 2 heterocycles. The van der Waals surface area contributed by atoms with Crippen molar-refractivity contribution in [2.75, 3.05) is 6.54 Å². The molecule has 1 aliphatic rings. The van der Waals surface area contributed by atoms with Gasteiger partial charge >= 0.3 is 0 Å². The second-order valence-corrected chi connectivity index (χ2v) is 7.26. The zero-order valence-corrected chi connectivity index (χ0v) is 12.5. The maximum absolute atomic E-state index is 4.80. The van der Waals surface area contributed by atoms with E-state index in [2.05, 4.69) is 51.4 Å². The standard InChI is InChI=1S/C15H25N3/c1-14(2,3)13-16-9-11-7-8-18(15(4,5)6)10-12(11)17-13/h9H,7-8,10H2,1-6H3. The van der Waals surface area contributed by atoms with Crippen LogP contribution in [0.2, 0.25) is 0 Å².